The molecule has 0 spiro atoms. The Hall–Kier alpha value is -2.74. The summed E-state index contributed by atoms with van der Waals surface area (Å²) in [5.74, 6) is 0.862. The fourth-order valence-electron chi connectivity index (χ4n) is 2.82. The number of anilines is 1. The lowest BCUT2D eigenvalue weighted by molar-refractivity contribution is -0.120. The molecule has 0 saturated carbocycles. The van der Waals surface area contributed by atoms with Crippen LogP contribution in [0, 0.1) is 5.92 Å². The quantitative estimate of drug-likeness (QED) is 0.747. The molecule has 0 aromatic heterocycles. The van der Waals surface area contributed by atoms with E-state index in [0.29, 0.717) is 30.4 Å². The SMILES string of the molecule is CC(C)[C@@H](C)NC(=O)CN(c1ccc2c(c1)OCCO2)S(=O)(=O)c1ccccc1. The van der Waals surface area contributed by atoms with Crippen LogP contribution in [0.3, 0.4) is 0 Å². The summed E-state index contributed by atoms with van der Waals surface area (Å²) in [6.45, 7) is 6.35. The lowest BCUT2D eigenvalue weighted by Crippen LogP contribution is -2.45. The van der Waals surface area contributed by atoms with Crippen LogP contribution in [0.15, 0.2) is 53.4 Å². The third-order valence-electron chi connectivity index (χ3n) is 4.82. The first-order valence-corrected chi connectivity index (χ1v) is 11.0. The number of nitrogens with one attached hydrogen (secondary N) is 1. The smallest absolute Gasteiger partial charge is 0.264 e. The molecule has 0 radical (unpaired) electrons. The van der Waals surface area contributed by atoms with E-state index >= 15 is 0 Å². The maximum absolute atomic E-state index is 13.3. The van der Waals surface area contributed by atoms with Gasteiger partial charge in [-0.05, 0) is 37.1 Å². The molecule has 1 aliphatic rings. The summed E-state index contributed by atoms with van der Waals surface area (Å²) in [4.78, 5) is 12.7. The molecule has 1 heterocycles. The number of sulfonamides is 1. The topological polar surface area (TPSA) is 84.9 Å². The van der Waals surface area contributed by atoms with Gasteiger partial charge in [-0.3, -0.25) is 9.10 Å². The molecular formula is C21H26N2O5S. The molecule has 7 nitrogen and oxygen atoms in total. The predicted octanol–water partition coefficient (Wildman–Crippen LogP) is 2.81. The van der Waals surface area contributed by atoms with Gasteiger partial charge in [0.2, 0.25) is 5.91 Å². The van der Waals surface area contributed by atoms with Crippen LogP contribution in [0.25, 0.3) is 0 Å². The monoisotopic (exact) mass is 418 g/mol. The van der Waals surface area contributed by atoms with Crippen molar-refractivity contribution < 1.29 is 22.7 Å². The van der Waals surface area contributed by atoms with E-state index in [1.165, 1.54) is 12.1 Å². The van der Waals surface area contributed by atoms with Crippen molar-refractivity contribution in [3.8, 4) is 11.5 Å². The molecular weight excluding hydrogens is 392 g/mol. The Morgan fingerprint density at radius 3 is 2.34 bits per heavy atom. The summed E-state index contributed by atoms with van der Waals surface area (Å²) in [5.41, 5.74) is 0.338. The summed E-state index contributed by atoms with van der Waals surface area (Å²) in [6.07, 6.45) is 0. The summed E-state index contributed by atoms with van der Waals surface area (Å²) < 4.78 is 38.9. The zero-order chi connectivity index (χ0) is 21.0. The lowest BCUT2D eigenvalue weighted by Gasteiger charge is -2.27. The molecule has 3 rings (SSSR count). The number of rotatable bonds is 7. The van der Waals surface area contributed by atoms with Crippen molar-refractivity contribution in [3.63, 3.8) is 0 Å². The van der Waals surface area contributed by atoms with Gasteiger partial charge >= 0.3 is 0 Å². The standard InChI is InChI=1S/C21H26N2O5S/c1-15(2)16(3)22-21(24)14-23(29(25,26)18-7-5-4-6-8-18)17-9-10-19-20(13-17)28-12-11-27-19/h4-10,13,15-16H,11-12,14H2,1-3H3,(H,22,24)/t16-/m1/s1. The first-order valence-electron chi connectivity index (χ1n) is 9.56. The average molecular weight is 419 g/mol. The highest BCUT2D eigenvalue weighted by molar-refractivity contribution is 7.92. The summed E-state index contributed by atoms with van der Waals surface area (Å²) in [7, 11) is -3.96. The van der Waals surface area contributed by atoms with Gasteiger partial charge in [-0.1, -0.05) is 32.0 Å². The van der Waals surface area contributed by atoms with E-state index in [9.17, 15) is 13.2 Å². The lowest BCUT2D eigenvalue weighted by atomic mass is 10.1. The van der Waals surface area contributed by atoms with Crippen LogP contribution in [-0.2, 0) is 14.8 Å². The average Bonchev–Trinajstić information content (AvgIpc) is 2.72. The number of fused-ring (bicyclic) bond motifs is 1. The van der Waals surface area contributed by atoms with Crippen molar-refractivity contribution >= 4 is 21.6 Å². The van der Waals surface area contributed by atoms with Gasteiger partial charge in [0.15, 0.2) is 11.5 Å². The van der Waals surface area contributed by atoms with Crippen molar-refractivity contribution in [2.45, 2.75) is 31.7 Å². The molecule has 1 aliphatic heterocycles. The number of hydrogen-bond donors (Lipinski definition) is 1. The number of hydrogen-bond acceptors (Lipinski definition) is 5. The summed E-state index contributed by atoms with van der Waals surface area (Å²) in [5, 5.41) is 2.86. The minimum Gasteiger partial charge on any atom is -0.486 e. The van der Waals surface area contributed by atoms with Gasteiger partial charge in [0.05, 0.1) is 10.6 Å². The number of carbonyl (C=O) groups excluding carboxylic acids is 1. The maximum Gasteiger partial charge on any atom is 0.264 e. The van der Waals surface area contributed by atoms with Crippen LogP contribution in [0.2, 0.25) is 0 Å². The van der Waals surface area contributed by atoms with Crippen LogP contribution in [0.1, 0.15) is 20.8 Å². The van der Waals surface area contributed by atoms with Gasteiger partial charge in [-0.15, -0.1) is 0 Å². The van der Waals surface area contributed by atoms with E-state index in [4.69, 9.17) is 9.47 Å². The van der Waals surface area contributed by atoms with Gasteiger partial charge in [-0.25, -0.2) is 8.42 Å². The Kier molecular flexibility index (Phi) is 6.32. The highest BCUT2D eigenvalue weighted by Gasteiger charge is 2.29. The third-order valence-corrected chi connectivity index (χ3v) is 6.61. The molecule has 29 heavy (non-hydrogen) atoms. The Balaban J connectivity index is 1.97. The largest absolute Gasteiger partial charge is 0.486 e. The van der Waals surface area contributed by atoms with Gasteiger partial charge < -0.3 is 14.8 Å². The Morgan fingerprint density at radius 2 is 1.69 bits per heavy atom. The van der Waals surface area contributed by atoms with E-state index in [1.54, 1.807) is 36.4 Å². The maximum atomic E-state index is 13.3. The van der Waals surface area contributed by atoms with Crippen LogP contribution >= 0.6 is 0 Å². The first kappa shape index (κ1) is 21.0. The molecule has 0 saturated heterocycles. The zero-order valence-corrected chi connectivity index (χ0v) is 17.6. The summed E-state index contributed by atoms with van der Waals surface area (Å²) in [6, 6.07) is 12.8. The fourth-order valence-corrected chi connectivity index (χ4v) is 4.25. The molecule has 2 aromatic rings. The molecule has 1 atom stereocenters. The normalized spacial score (nSPS) is 14.3. The molecule has 156 valence electrons. The van der Waals surface area contributed by atoms with E-state index in [1.807, 2.05) is 20.8 Å². The predicted molar refractivity (Wildman–Crippen MR) is 111 cm³/mol. The first-order chi connectivity index (χ1) is 13.8. The number of ether oxygens (including phenoxy) is 2. The van der Waals surface area contributed by atoms with Gasteiger partial charge in [0.1, 0.15) is 19.8 Å². The zero-order valence-electron chi connectivity index (χ0n) is 16.8. The number of nitrogens with zero attached hydrogens (tertiary/aromatic N) is 1. The Bertz CT molecular complexity index is 960. The van der Waals surface area contributed by atoms with Crippen LogP contribution < -0.4 is 19.1 Å². The molecule has 0 bridgehead atoms. The highest BCUT2D eigenvalue weighted by atomic mass is 32.2. The minimum atomic E-state index is -3.96. The molecule has 0 fully saturated rings. The number of amides is 1. The Labute approximate surface area is 171 Å². The molecule has 8 heteroatoms. The number of carbonyl (C=O) groups is 1. The highest BCUT2D eigenvalue weighted by Crippen LogP contribution is 2.35. The van der Waals surface area contributed by atoms with Crippen molar-refractivity contribution in [3.05, 3.63) is 48.5 Å². The van der Waals surface area contributed by atoms with Crippen molar-refractivity contribution in [2.75, 3.05) is 24.1 Å². The second kappa shape index (κ2) is 8.73. The number of benzene rings is 2. The van der Waals surface area contributed by atoms with E-state index < -0.39 is 10.0 Å². The molecule has 0 aliphatic carbocycles. The third kappa shape index (κ3) is 4.82. The van der Waals surface area contributed by atoms with Crippen LogP contribution in [-0.4, -0.2) is 40.1 Å². The van der Waals surface area contributed by atoms with E-state index in [2.05, 4.69) is 5.32 Å². The minimum absolute atomic E-state index is 0.0796. The molecule has 2 aromatic carbocycles. The molecule has 0 unspecified atom stereocenters. The Morgan fingerprint density at radius 1 is 1.03 bits per heavy atom. The second-order valence-electron chi connectivity index (χ2n) is 7.25. The van der Waals surface area contributed by atoms with Crippen LogP contribution in [0.5, 0.6) is 11.5 Å². The molecule has 1 N–H and O–H groups in total. The second-order valence-corrected chi connectivity index (χ2v) is 9.12. The fraction of sp³-hybridized carbons (Fsp3) is 0.381. The van der Waals surface area contributed by atoms with Gasteiger partial charge in [0, 0.05) is 12.1 Å². The van der Waals surface area contributed by atoms with Crippen molar-refractivity contribution in [1.29, 1.82) is 0 Å². The van der Waals surface area contributed by atoms with Gasteiger partial charge in [-0.2, -0.15) is 0 Å². The summed E-state index contributed by atoms with van der Waals surface area (Å²) >= 11 is 0. The molecule has 1 amide bonds. The van der Waals surface area contributed by atoms with Crippen molar-refractivity contribution in [2.24, 2.45) is 5.92 Å². The van der Waals surface area contributed by atoms with Crippen molar-refractivity contribution in [1.82, 2.24) is 5.32 Å². The van der Waals surface area contributed by atoms with Crippen LogP contribution in [0.4, 0.5) is 5.69 Å². The van der Waals surface area contributed by atoms with E-state index in [0.717, 1.165) is 4.31 Å². The van der Waals surface area contributed by atoms with E-state index in [-0.39, 0.29) is 29.3 Å². The van der Waals surface area contributed by atoms with Gasteiger partial charge in [0.25, 0.3) is 10.0 Å².